The minimum atomic E-state index is -0.106. The van der Waals surface area contributed by atoms with Crippen molar-refractivity contribution in [3.8, 4) is 0 Å². The summed E-state index contributed by atoms with van der Waals surface area (Å²) in [6.07, 6.45) is 3.86. The molecular formula is C16H25FN2. The van der Waals surface area contributed by atoms with E-state index in [-0.39, 0.29) is 11.9 Å². The lowest BCUT2D eigenvalue weighted by atomic mass is 9.95. The Morgan fingerprint density at radius 3 is 2.89 bits per heavy atom. The van der Waals surface area contributed by atoms with Crippen LogP contribution < -0.4 is 5.32 Å². The third kappa shape index (κ3) is 3.77. The Kier molecular flexibility index (Phi) is 5.34. The van der Waals surface area contributed by atoms with Crippen LogP contribution in [0.1, 0.15) is 37.8 Å². The Morgan fingerprint density at radius 1 is 1.42 bits per heavy atom. The lowest BCUT2D eigenvalue weighted by molar-refractivity contribution is 0.157. The van der Waals surface area contributed by atoms with E-state index < -0.39 is 0 Å². The molecule has 106 valence electrons. The van der Waals surface area contributed by atoms with Crippen molar-refractivity contribution < 1.29 is 4.39 Å². The van der Waals surface area contributed by atoms with Gasteiger partial charge in [-0.2, -0.15) is 0 Å². The van der Waals surface area contributed by atoms with Gasteiger partial charge in [-0.15, -0.1) is 0 Å². The van der Waals surface area contributed by atoms with Gasteiger partial charge in [-0.3, -0.25) is 0 Å². The minimum absolute atomic E-state index is 0.0804. The van der Waals surface area contributed by atoms with E-state index >= 15 is 0 Å². The zero-order chi connectivity index (χ0) is 13.7. The number of hydrogen-bond acceptors (Lipinski definition) is 2. The molecule has 1 aliphatic rings. The summed E-state index contributed by atoms with van der Waals surface area (Å²) in [5, 5.41) is 3.26. The van der Waals surface area contributed by atoms with E-state index in [1.807, 2.05) is 19.2 Å². The molecule has 1 saturated heterocycles. The Bertz CT molecular complexity index is 394. The number of nitrogens with one attached hydrogen (secondary N) is 1. The van der Waals surface area contributed by atoms with Gasteiger partial charge in [0.25, 0.3) is 0 Å². The zero-order valence-electron chi connectivity index (χ0n) is 12.0. The van der Waals surface area contributed by atoms with E-state index in [9.17, 15) is 4.39 Å². The van der Waals surface area contributed by atoms with Gasteiger partial charge in [-0.05, 0) is 38.4 Å². The number of likely N-dealkylation sites (tertiary alicyclic amines) is 1. The average molecular weight is 264 g/mol. The van der Waals surface area contributed by atoms with Crippen molar-refractivity contribution >= 4 is 0 Å². The van der Waals surface area contributed by atoms with Gasteiger partial charge in [0.05, 0.1) is 0 Å². The summed E-state index contributed by atoms with van der Waals surface area (Å²) >= 11 is 0. The molecule has 3 heteroatoms. The highest BCUT2D eigenvalue weighted by Crippen LogP contribution is 2.23. The summed E-state index contributed by atoms with van der Waals surface area (Å²) in [5.74, 6) is 0.706. The van der Waals surface area contributed by atoms with Gasteiger partial charge in [-0.25, -0.2) is 4.39 Å². The molecule has 0 radical (unpaired) electrons. The van der Waals surface area contributed by atoms with Gasteiger partial charge in [-0.1, -0.05) is 31.5 Å². The molecule has 2 nitrogen and oxygen atoms in total. The summed E-state index contributed by atoms with van der Waals surface area (Å²) in [6.45, 7) is 5.46. The maximum Gasteiger partial charge on any atom is 0.128 e. The van der Waals surface area contributed by atoms with E-state index in [1.54, 1.807) is 12.1 Å². The number of likely N-dealkylation sites (N-methyl/N-ethyl adjacent to an activating group) is 1. The molecule has 1 aliphatic heterocycles. The molecule has 0 saturated carbocycles. The molecule has 2 unspecified atom stereocenters. The normalized spacial score (nSPS) is 22.4. The molecular weight excluding hydrogens is 239 g/mol. The fraction of sp³-hybridized carbons (Fsp3) is 0.625. The molecule has 2 rings (SSSR count). The molecule has 19 heavy (non-hydrogen) atoms. The average Bonchev–Trinajstić information content (AvgIpc) is 2.46. The van der Waals surface area contributed by atoms with E-state index in [0.29, 0.717) is 0 Å². The van der Waals surface area contributed by atoms with Crippen molar-refractivity contribution in [3.05, 3.63) is 35.6 Å². The van der Waals surface area contributed by atoms with Crippen LogP contribution in [0, 0.1) is 11.7 Å². The van der Waals surface area contributed by atoms with Gasteiger partial charge >= 0.3 is 0 Å². The van der Waals surface area contributed by atoms with Gasteiger partial charge in [0.2, 0.25) is 0 Å². The molecule has 1 N–H and O–H groups in total. The molecule has 1 aromatic carbocycles. The standard InChI is InChI=1S/C16H25FN2/c1-3-13-7-6-10-19(11-13)12-16(18-2)14-8-4-5-9-15(14)17/h4-5,8-9,13,16,18H,3,6-7,10-12H2,1-2H3. The summed E-state index contributed by atoms with van der Waals surface area (Å²) in [6, 6.07) is 7.17. The first-order valence-corrected chi connectivity index (χ1v) is 7.38. The van der Waals surface area contributed by atoms with Crippen LogP contribution in [0.4, 0.5) is 4.39 Å². The number of piperidine rings is 1. The highest BCUT2D eigenvalue weighted by molar-refractivity contribution is 5.21. The molecule has 1 fully saturated rings. The largest absolute Gasteiger partial charge is 0.312 e. The van der Waals surface area contributed by atoms with Gasteiger partial charge in [0, 0.05) is 24.7 Å². The molecule has 0 spiro atoms. The van der Waals surface area contributed by atoms with Gasteiger partial charge < -0.3 is 10.2 Å². The predicted molar refractivity (Wildman–Crippen MR) is 77.7 cm³/mol. The second-order valence-electron chi connectivity index (χ2n) is 5.54. The van der Waals surface area contributed by atoms with E-state index in [4.69, 9.17) is 0 Å². The van der Waals surface area contributed by atoms with Gasteiger partial charge in [0.15, 0.2) is 0 Å². The van der Waals surface area contributed by atoms with Crippen LogP contribution in [0.5, 0.6) is 0 Å². The van der Waals surface area contributed by atoms with Crippen LogP contribution in [0.25, 0.3) is 0 Å². The van der Waals surface area contributed by atoms with E-state index in [1.165, 1.54) is 19.3 Å². The monoisotopic (exact) mass is 264 g/mol. The van der Waals surface area contributed by atoms with Crippen molar-refractivity contribution in [1.82, 2.24) is 10.2 Å². The zero-order valence-corrected chi connectivity index (χ0v) is 12.0. The second kappa shape index (κ2) is 7.01. The summed E-state index contributed by atoms with van der Waals surface area (Å²) in [5.41, 5.74) is 0.781. The van der Waals surface area contributed by atoms with Crippen molar-refractivity contribution in [2.24, 2.45) is 5.92 Å². The fourth-order valence-corrected chi connectivity index (χ4v) is 3.01. The van der Waals surface area contributed by atoms with Crippen LogP contribution in [0.2, 0.25) is 0 Å². The highest BCUT2D eigenvalue weighted by atomic mass is 19.1. The van der Waals surface area contributed by atoms with Gasteiger partial charge in [0.1, 0.15) is 5.82 Å². The smallest absolute Gasteiger partial charge is 0.128 e. The topological polar surface area (TPSA) is 15.3 Å². The molecule has 1 aromatic rings. The third-order valence-corrected chi connectivity index (χ3v) is 4.25. The molecule has 1 heterocycles. The second-order valence-corrected chi connectivity index (χ2v) is 5.54. The number of rotatable bonds is 5. The van der Waals surface area contributed by atoms with E-state index in [0.717, 1.165) is 31.1 Å². The highest BCUT2D eigenvalue weighted by Gasteiger charge is 2.22. The minimum Gasteiger partial charge on any atom is -0.312 e. The summed E-state index contributed by atoms with van der Waals surface area (Å²) in [4.78, 5) is 2.48. The van der Waals surface area contributed by atoms with E-state index in [2.05, 4.69) is 17.1 Å². The van der Waals surface area contributed by atoms with Crippen LogP contribution >= 0.6 is 0 Å². The number of halogens is 1. The first-order chi connectivity index (χ1) is 9.24. The van der Waals surface area contributed by atoms with Crippen molar-refractivity contribution in [1.29, 1.82) is 0 Å². The van der Waals surface area contributed by atoms with Crippen molar-refractivity contribution in [2.75, 3.05) is 26.7 Å². The van der Waals surface area contributed by atoms with Crippen molar-refractivity contribution in [2.45, 2.75) is 32.2 Å². The maximum absolute atomic E-state index is 13.9. The fourth-order valence-electron chi connectivity index (χ4n) is 3.01. The van der Waals surface area contributed by atoms with Crippen molar-refractivity contribution in [3.63, 3.8) is 0 Å². The predicted octanol–water partition coefficient (Wildman–Crippen LogP) is 3.21. The first-order valence-electron chi connectivity index (χ1n) is 7.38. The lowest BCUT2D eigenvalue weighted by Crippen LogP contribution is -2.40. The molecule has 0 bridgehead atoms. The first kappa shape index (κ1) is 14.5. The maximum atomic E-state index is 13.9. The van der Waals surface area contributed by atoms with Crippen LogP contribution in [0.15, 0.2) is 24.3 Å². The quantitative estimate of drug-likeness (QED) is 0.878. The number of hydrogen-bond donors (Lipinski definition) is 1. The molecule has 0 amide bonds. The lowest BCUT2D eigenvalue weighted by Gasteiger charge is -2.34. The molecule has 0 aliphatic carbocycles. The van der Waals surface area contributed by atoms with Crippen LogP contribution in [-0.2, 0) is 0 Å². The summed E-state index contributed by atoms with van der Waals surface area (Å²) < 4.78 is 13.9. The molecule has 2 atom stereocenters. The van der Waals surface area contributed by atoms with Crippen LogP contribution in [-0.4, -0.2) is 31.6 Å². The number of benzene rings is 1. The Hall–Kier alpha value is -0.930. The Morgan fingerprint density at radius 2 is 2.21 bits per heavy atom. The number of nitrogens with zero attached hydrogens (tertiary/aromatic N) is 1. The summed E-state index contributed by atoms with van der Waals surface area (Å²) in [7, 11) is 1.92. The third-order valence-electron chi connectivity index (χ3n) is 4.25. The Balaban J connectivity index is 2.01. The molecule has 0 aromatic heterocycles. The SMILES string of the molecule is CCC1CCCN(CC(NC)c2ccccc2F)C1. The van der Waals surface area contributed by atoms with Crippen LogP contribution in [0.3, 0.4) is 0 Å². The Labute approximate surface area is 116 Å².